The van der Waals surface area contributed by atoms with Gasteiger partial charge in [-0.2, -0.15) is 0 Å². The highest BCUT2D eigenvalue weighted by atomic mass is 16.7. The van der Waals surface area contributed by atoms with Gasteiger partial charge in [0.25, 0.3) is 5.91 Å². The van der Waals surface area contributed by atoms with Crippen molar-refractivity contribution in [2.24, 2.45) is 0 Å². The van der Waals surface area contributed by atoms with Gasteiger partial charge in [0.15, 0.2) is 11.5 Å². The smallest absolute Gasteiger partial charge is 0.258 e. The average molecular weight is 381 g/mol. The van der Waals surface area contributed by atoms with Gasteiger partial charge in [-0.1, -0.05) is 0 Å². The summed E-state index contributed by atoms with van der Waals surface area (Å²) in [7, 11) is 0. The number of benzene rings is 1. The number of furan rings is 1. The largest absolute Gasteiger partial charge is 0.466 e. The molecule has 4 rings (SSSR count). The second-order valence-electron chi connectivity index (χ2n) is 7.17. The fourth-order valence-corrected chi connectivity index (χ4v) is 3.30. The Balaban J connectivity index is 1.55. The van der Waals surface area contributed by atoms with Crippen LogP contribution in [0.15, 0.2) is 34.9 Å². The van der Waals surface area contributed by atoms with E-state index in [1.807, 2.05) is 45.9 Å². The summed E-state index contributed by atoms with van der Waals surface area (Å²) in [5.41, 5.74) is 2.40. The first-order valence-electron chi connectivity index (χ1n) is 9.24. The minimum atomic E-state index is -0.0645. The van der Waals surface area contributed by atoms with Crippen LogP contribution in [0.25, 0.3) is 11.3 Å². The van der Waals surface area contributed by atoms with Crippen LogP contribution in [0.2, 0.25) is 0 Å². The second-order valence-corrected chi connectivity index (χ2v) is 7.17. The number of carbonyl (C=O) groups is 1. The third kappa shape index (κ3) is 3.35. The Morgan fingerprint density at radius 1 is 1.21 bits per heavy atom. The molecule has 0 saturated carbocycles. The van der Waals surface area contributed by atoms with Gasteiger partial charge in [-0.3, -0.25) is 4.79 Å². The number of H-pyrrole nitrogens is 1. The van der Waals surface area contributed by atoms with Crippen molar-refractivity contribution in [1.29, 1.82) is 0 Å². The van der Waals surface area contributed by atoms with E-state index in [9.17, 15) is 4.79 Å². The molecular weight excluding hydrogens is 358 g/mol. The van der Waals surface area contributed by atoms with Crippen LogP contribution in [-0.2, 0) is 6.54 Å². The first-order valence-corrected chi connectivity index (χ1v) is 9.24. The summed E-state index contributed by atoms with van der Waals surface area (Å²) in [6.07, 6.45) is 1.77. The normalized spacial score (nSPS) is 12.6. The fraction of sp³-hybridized carbons (Fsp3) is 0.333. The summed E-state index contributed by atoms with van der Waals surface area (Å²) in [5.74, 6) is 3.48. The highest BCUT2D eigenvalue weighted by Gasteiger charge is 2.24. The quantitative estimate of drug-likeness (QED) is 0.721. The highest BCUT2D eigenvalue weighted by molar-refractivity contribution is 5.95. The molecule has 0 saturated heterocycles. The monoisotopic (exact) mass is 381 g/mol. The van der Waals surface area contributed by atoms with Crippen molar-refractivity contribution in [2.45, 2.75) is 40.3 Å². The molecule has 28 heavy (non-hydrogen) atoms. The van der Waals surface area contributed by atoms with E-state index in [0.717, 1.165) is 28.5 Å². The zero-order valence-electron chi connectivity index (χ0n) is 16.4. The Hall–Kier alpha value is -3.22. The molecule has 0 fully saturated rings. The van der Waals surface area contributed by atoms with Crippen LogP contribution < -0.4 is 9.47 Å². The van der Waals surface area contributed by atoms with Crippen molar-refractivity contribution >= 4 is 5.91 Å². The first kappa shape index (κ1) is 18.2. The maximum atomic E-state index is 13.0. The van der Waals surface area contributed by atoms with Gasteiger partial charge in [-0.15, -0.1) is 0 Å². The van der Waals surface area contributed by atoms with E-state index in [1.165, 1.54) is 0 Å². The summed E-state index contributed by atoms with van der Waals surface area (Å²) < 4.78 is 16.3. The van der Waals surface area contributed by atoms with Gasteiger partial charge in [-0.25, -0.2) is 4.98 Å². The van der Waals surface area contributed by atoms with E-state index in [2.05, 4.69) is 9.97 Å². The fourth-order valence-electron chi connectivity index (χ4n) is 3.30. The van der Waals surface area contributed by atoms with E-state index in [-0.39, 0.29) is 18.7 Å². The molecule has 0 atom stereocenters. The van der Waals surface area contributed by atoms with Crippen LogP contribution in [0.5, 0.6) is 11.5 Å². The maximum absolute atomic E-state index is 13.0. The molecular formula is C21H23N3O4. The number of hydrogen-bond donors (Lipinski definition) is 1. The SMILES string of the molecule is Cc1cc(C(=O)N(Cc2ncc(-c3ccc4c(c3)OCO4)[nH]2)C(C)C)c(C)o1. The van der Waals surface area contributed by atoms with Crippen molar-refractivity contribution in [2.75, 3.05) is 6.79 Å². The number of nitrogens with one attached hydrogen (secondary N) is 1. The van der Waals surface area contributed by atoms with Crippen LogP contribution in [0.4, 0.5) is 0 Å². The van der Waals surface area contributed by atoms with Gasteiger partial charge in [0.05, 0.1) is 24.0 Å². The van der Waals surface area contributed by atoms with E-state index in [0.29, 0.717) is 23.7 Å². The zero-order chi connectivity index (χ0) is 19.8. The number of nitrogens with zero attached hydrogens (tertiary/aromatic N) is 2. The number of carbonyl (C=O) groups excluding carboxylic acids is 1. The molecule has 0 aliphatic carbocycles. The Morgan fingerprint density at radius 2 is 2.00 bits per heavy atom. The molecule has 1 aliphatic rings. The minimum Gasteiger partial charge on any atom is -0.466 e. The van der Waals surface area contributed by atoms with Crippen LogP contribution in [-0.4, -0.2) is 33.6 Å². The number of aromatic nitrogens is 2. The molecule has 0 bridgehead atoms. The molecule has 3 heterocycles. The second kappa shape index (κ2) is 7.07. The molecule has 146 valence electrons. The summed E-state index contributed by atoms with van der Waals surface area (Å²) in [5, 5.41) is 0. The van der Waals surface area contributed by atoms with Crippen molar-refractivity contribution in [3.63, 3.8) is 0 Å². The van der Waals surface area contributed by atoms with Crippen LogP contribution >= 0.6 is 0 Å². The number of ether oxygens (including phenoxy) is 2. The maximum Gasteiger partial charge on any atom is 0.258 e. The molecule has 0 radical (unpaired) electrons. The number of rotatable bonds is 5. The first-order chi connectivity index (χ1) is 13.4. The van der Waals surface area contributed by atoms with Gasteiger partial charge >= 0.3 is 0 Å². The Labute approximate surface area is 163 Å². The van der Waals surface area contributed by atoms with Crippen molar-refractivity contribution < 1.29 is 18.7 Å². The molecule has 1 aliphatic heterocycles. The number of fused-ring (bicyclic) bond motifs is 1. The van der Waals surface area contributed by atoms with Crippen LogP contribution in [0, 0.1) is 13.8 Å². The van der Waals surface area contributed by atoms with Crippen LogP contribution in [0.3, 0.4) is 0 Å². The van der Waals surface area contributed by atoms with Crippen molar-refractivity contribution in [3.8, 4) is 22.8 Å². The van der Waals surface area contributed by atoms with Gasteiger partial charge in [0, 0.05) is 11.6 Å². The lowest BCUT2D eigenvalue weighted by molar-refractivity contribution is 0.0683. The van der Waals surface area contributed by atoms with Crippen LogP contribution in [0.1, 0.15) is 41.6 Å². The molecule has 2 aromatic heterocycles. The number of hydrogen-bond acceptors (Lipinski definition) is 5. The molecule has 0 unspecified atom stereocenters. The van der Waals surface area contributed by atoms with Gasteiger partial charge in [-0.05, 0) is 52.0 Å². The predicted molar refractivity (Wildman–Crippen MR) is 103 cm³/mol. The Kier molecular flexibility index (Phi) is 4.58. The molecule has 7 nitrogen and oxygen atoms in total. The number of aromatic amines is 1. The lowest BCUT2D eigenvalue weighted by atomic mass is 10.1. The van der Waals surface area contributed by atoms with Gasteiger partial charge < -0.3 is 23.8 Å². The molecule has 7 heteroatoms. The van der Waals surface area contributed by atoms with E-state index >= 15 is 0 Å². The topological polar surface area (TPSA) is 80.6 Å². The average Bonchev–Trinajstić information content (AvgIpc) is 3.37. The third-order valence-electron chi connectivity index (χ3n) is 4.79. The third-order valence-corrected chi connectivity index (χ3v) is 4.79. The van der Waals surface area contributed by atoms with Gasteiger partial charge in [0.1, 0.15) is 17.3 Å². The molecule has 1 aromatic carbocycles. The Morgan fingerprint density at radius 3 is 2.71 bits per heavy atom. The lowest BCUT2D eigenvalue weighted by Gasteiger charge is -2.25. The summed E-state index contributed by atoms with van der Waals surface area (Å²) in [6.45, 7) is 8.25. The predicted octanol–water partition coefficient (Wildman–Crippen LogP) is 4.07. The van der Waals surface area contributed by atoms with Gasteiger partial charge in [0.2, 0.25) is 6.79 Å². The van der Waals surface area contributed by atoms with Crippen molar-refractivity contribution in [1.82, 2.24) is 14.9 Å². The molecule has 3 aromatic rings. The van der Waals surface area contributed by atoms with E-state index in [1.54, 1.807) is 17.2 Å². The zero-order valence-corrected chi connectivity index (χ0v) is 16.4. The summed E-state index contributed by atoms with van der Waals surface area (Å²) in [6, 6.07) is 7.55. The molecule has 0 spiro atoms. The molecule has 1 N–H and O–H groups in total. The highest BCUT2D eigenvalue weighted by Crippen LogP contribution is 2.35. The number of imidazole rings is 1. The molecule has 1 amide bonds. The minimum absolute atomic E-state index is 0.0150. The Bertz CT molecular complexity index is 1020. The number of amides is 1. The summed E-state index contributed by atoms with van der Waals surface area (Å²) in [4.78, 5) is 22.6. The summed E-state index contributed by atoms with van der Waals surface area (Å²) >= 11 is 0. The van der Waals surface area contributed by atoms with E-state index < -0.39 is 0 Å². The number of aryl methyl sites for hydroxylation is 2. The van der Waals surface area contributed by atoms with Crippen molar-refractivity contribution in [3.05, 3.63) is 53.4 Å². The van der Waals surface area contributed by atoms with E-state index in [4.69, 9.17) is 13.9 Å². The standard InChI is InChI=1S/C21H23N3O4/c1-12(2)24(21(25)16-7-13(3)28-14(16)4)10-20-22-9-17(23-20)15-5-6-18-19(8-15)27-11-26-18/h5-9,12H,10-11H2,1-4H3,(H,22,23). The lowest BCUT2D eigenvalue weighted by Crippen LogP contribution is -2.36.